The zero-order valence-electron chi connectivity index (χ0n) is 16.4. The molecule has 0 aliphatic carbocycles. The maximum absolute atomic E-state index is 12.9. The average molecular weight is 408 g/mol. The summed E-state index contributed by atoms with van der Waals surface area (Å²) in [5, 5.41) is 5.42. The fourth-order valence-electron chi connectivity index (χ4n) is 2.34. The molecule has 0 radical (unpaired) electrons. The van der Waals surface area contributed by atoms with Crippen molar-refractivity contribution in [3.63, 3.8) is 0 Å². The number of halogens is 3. The Hall–Kier alpha value is -3.03. The molecule has 0 heterocycles. The van der Waals surface area contributed by atoms with E-state index in [0.29, 0.717) is 11.3 Å². The van der Waals surface area contributed by atoms with Crippen LogP contribution in [-0.4, -0.2) is 24.0 Å². The van der Waals surface area contributed by atoms with E-state index < -0.39 is 30.0 Å². The molecule has 29 heavy (non-hydrogen) atoms. The van der Waals surface area contributed by atoms with Gasteiger partial charge in [0.15, 0.2) is 6.61 Å². The third-order valence-corrected chi connectivity index (χ3v) is 4.32. The molecule has 0 aliphatic heterocycles. The predicted octanol–water partition coefficient (Wildman–Crippen LogP) is 4.64. The quantitative estimate of drug-likeness (QED) is 0.701. The summed E-state index contributed by atoms with van der Waals surface area (Å²) in [4.78, 5) is 24.2. The van der Waals surface area contributed by atoms with Gasteiger partial charge in [-0.25, -0.2) is 0 Å². The third-order valence-electron chi connectivity index (χ3n) is 4.32. The highest BCUT2D eigenvalue weighted by Gasteiger charge is 2.34. The van der Waals surface area contributed by atoms with Crippen LogP contribution in [0, 0.1) is 0 Å². The number of ether oxygens (including phenoxy) is 1. The van der Waals surface area contributed by atoms with Gasteiger partial charge in [-0.1, -0.05) is 19.1 Å². The molecule has 156 valence electrons. The lowest BCUT2D eigenvalue weighted by molar-refractivity contribution is -0.139. The van der Waals surface area contributed by atoms with Crippen LogP contribution in [0.2, 0.25) is 0 Å². The van der Waals surface area contributed by atoms with Gasteiger partial charge in [-0.3, -0.25) is 9.59 Å². The van der Waals surface area contributed by atoms with Crippen LogP contribution in [0.25, 0.3) is 0 Å². The second-order valence-electron chi connectivity index (χ2n) is 7.10. The number of rotatable bonds is 7. The van der Waals surface area contributed by atoms with Crippen molar-refractivity contribution in [2.24, 2.45) is 0 Å². The Morgan fingerprint density at radius 2 is 1.62 bits per heavy atom. The van der Waals surface area contributed by atoms with E-state index in [1.165, 1.54) is 24.3 Å². The Bertz CT molecular complexity index is 862. The molecular formula is C21H23F3N2O3. The van der Waals surface area contributed by atoms with Crippen LogP contribution in [0.3, 0.4) is 0 Å². The van der Waals surface area contributed by atoms with Crippen LogP contribution in [0.1, 0.15) is 43.1 Å². The first-order valence-electron chi connectivity index (χ1n) is 9.03. The molecule has 0 aromatic heterocycles. The molecule has 0 saturated carbocycles. The van der Waals surface area contributed by atoms with Gasteiger partial charge >= 0.3 is 6.18 Å². The van der Waals surface area contributed by atoms with E-state index in [0.717, 1.165) is 18.6 Å². The first kappa shape index (κ1) is 22.3. The monoisotopic (exact) mass is 408 g/mol. The number of benzene rings is 2. The van der Waals surface area contributed by atoms with Crippen molar-refractivity contribution in [2.75, 3.05) is 11.9 Å². The van der Waals surface area contributed by atoms with Crippen molar-refractivity contribution in [2.45, 2.75) is 38.9 Å². The standard InChI is InChI=1S/C21H23F3N2O3/c1-4-20(2,3)26-19(28)14-9-11-15(12-10-14)25-18(27)13-29-17-8-6-5-7-16(17)21(22,23)24/h5-12H,4,13H2,1-3H3,(H,25,27)(H,26,28). The summed E-state index contributed by atoms with van der Waals surface area (Å²) in [5.41, 5.74) is -0.458. The maximum atomic E-state index is 12.9. The number of hydrogen-bond donors (Lipinski definition) is 2. The van der Waals surface area contributed by atoms with Gasteiger partial charge in [-0.05, 0) is 56.7 Å². The lowest BCUT2D eigenvalue weighted by atomic mass is 10.0. The molecule has 2 N–H and O–H groups in total. The Balaban J connectivity index is 1.94. The van der Waals surface area contributed by atoms with E-state index in [2.05, 4.69) is 10.6 Å². The fourth-order valence-corrected chi connectivity index (χ4v) is 2.34. The number of para-hydroxylation sites is 1. The molecular weight excluding hydrogens is 385 g/mol. The predicted molar refractivity (Wildman–Crippen MR) is 104 cm³/mol. The molecule has 0 aliphatic rings. The summed E-state index contributed by atoms with van der Waals surface area (Å²) in [6, 6.07) is 10.9. The molecule has 2 aromatic rings. The Morgan fingerprint density at radius 1 is 1.00 bits per heavy atom. The van der Waals surface area contributed by atoms with Crippen LogP contribution < -0.4 is 15.4 Å². The second kappa shape index (κ2) is 8.98. The molecule has 0 saturated heterocycles. The molecule has 0 spiro atoms. The van der Waals surface area contributed by atoms with Crippen molar-refractivity contribution in [3.8, 4) is 5.75 Å². The van der Waals surface area contributed by atoms with Gasteiger partial charge in [0.1, 0.15) is 5.75 Å². The van der Waals surface area contributed by atoms with E-state index in [9.17, 15) is 22.8 Å². The molecule has 2 rings (SSSR count). The Labute approximate surface area is 167 Å². The summed E-state index contributed by atoms with van der Waals surface area (Å²) in [5.74, 6) is -1.27. The molecule has 0 unspecified atom stereocenters. The highest BCUT2D eigenvalue weighted by atomic mass is 19.4. The number of nitrogens with one attached hydrogen (secondary N) is 2. The van der Waals surface area contributed by atoms with Crippen LogP contribution in [0.5, 0.6) is 5.75 Å². The van der Waals surface area contributed by atoms with E-state index >= 15 is 0 Å². The molecule has 8 heteroatoms. The normalized spacial score (nSPS) is 11.7. The average Bonchev–Trinajstić information content (AvgIpc) is 2.66. The number of anilines is 1. The van der Waals surface area contributed by atoms with E-state index in [1.807, 2.05) is 20.8 Å². The number of carbonyl (C=O) groups excluding carboxylic acids is 2. The number of amides is 2. The molecule has 2 aromatic carbocycles. The molecule has 0 atom stereocenters. The van der Waals surface area contributed by atoms with Gasteiger partial charge in [-0.2, -0.15) is 13.2 Å². The van der Waals surface area contributed by atoms with Crippen LogP contribution in [-0.2, 0) is 11.0 Å². The van der Waals surface area contributed by atoms with Gasteiger partial charge in [0.05, 0.1) is 5.56 Å². The van der Waals surface area contributed by atoms with Crippen molar-refractivity contribution in [1.82, 2.24) is 5.32 Å². The maximum Gasteiger partial charge on any atom is 0.419 e. The van der Waals surface area contributed by atoms with Gasteiger partial charge in [-0.15, -0.1) is 0 Å². The lowest BCUT2D eigenvalue weighted by Gasteiger charge is -2.24. The summed E-state index contributed by atoms with van der Waals surface area (Å²) in [6.07, 6.45) is -3.81. The van der Waals surface area contributed by atoms with E-state index in [1.54, 1.807) is 12.1 Å². The van der Waals surface area contributed by atoms with Crippen molar-refractivity contribution >= 4 is 17.5 Å². The Kier molecular flexibility index (Phi) is 6.89. The van der Waals surface area contributed by atoms with E-state index in [4.69, 9.17) is 4.74 Å². The number of alkyl halides is 3. The largest absolute Gasteiger partial charge is 0.483 e. The van der Waals surface area contributed by atoms with Crippen LogP contribution in [0.15, 0.2) is 48.5 Å². The third kappa shape index (κ3) is 6.51. The Morgan fingerprint density at radius 3 is 2.21 bits per heavy atom. The lowest BCUT2D eigenvalue weighted by Crippen LogP contribution is -2.42. The van der Waals surface area contributed by atoms with Gasteiger partial charge in [0, 0.05) is 16.8 Å². The highest BCUT2D eigenvalue weighted by Crippen LogP contribution is 2.35. The zero-order valence-corrected chi connectivity index (χ0v) is 16.4. The highest BCUT2D eigenvalue weighted by molar-refractivity contribution is 5.96. The fraction of sp³-hybridized carbons (Fsp3) is 0.333. The topological polar surface area (TPSA) is 67.4 Å². The smallest absolute Gasteiger partial charge is 0.419 e. The van der Waals surface area contributed by atoms with Crippen molar-refractivity contribution < 1.29 is 27.5 Å². The summed E-state index contributed by atoms with van der Waals surface area (Å²) >= 11 is 0. The van der Waals surface area contributed by atoms with E-state index in [-0.39, 0.29) is 11.4 Å². The van der Waals surface area contributed by atoms with Crippen LogP contribution in [0.4, 0.5) is 18.9 Å². The van der Waals surface area contributed by atoms with Crippen molar-refractivity contribution in [3.05, 3.63) is 59.7 Å². The number of hydrogen-bond acceptors (Lipinski definition) is 3. The summed E-state index contributed by atoms with van der Waals surface area (Å²) in [6.45, 7) is 5.21. The second-order valence-corrected chi connectivity index (χ2v) is 7.10. The minimum absolute atomic E-state index is 0.234. The minimum atomic E-state index is -4.57. The number of carbonyl (C=O) groups is 2. The summed E-state index contributed by atoms with van der Waals surface area (Å²) in [7, 11) is 0. The first-order valence-corrected chi connectivity index (χ1v) is 9.03. The summed E-state index contributed by atoms with van der Waals surface area (Å²) < 4.78 is 43.8. The first-order chi connectivity index (χ1) is 13.5. The zero-order chi connectivity index (χ0) is 21.7. The molecule has 0 fully saturated rings. The molecule has 2 amide bonds. The SMILES string of the molecule is CCC(C)(C)NC(=O)c1ccc(NC(=O)COc2ccccc2C(F)(F)F)cc1. The molecule has 5 nitrogen and oxygen atoms in total. The van der Waals surface area contributed by atoms with Gasteiger partial charge in [0.25, 0.3) is 11.8 Å². The van der Waals surface area contributed by atoms with Gasteiger partial charge in [0.2, 0.25) is 0 Å². The van der Waals surface area contributed by atoms with Crippen molar-refractivity contribution in [1.29, 1.82) is 0 Å². The van der Waals surface area contributed by atoms with Crippen LogP contribution >= 0.6 is 0 Å². The van der Waals surface area contributed by atoms with Gasteiger partial charge < -0.3 is 15.4 Å². The molecule has 0 bridgehead atoms. The minimum Gasteiger partial charge on any atom is -0.483 e.